The Bertz CT molecular complexity index is 3430. The third-order valence-corrected chi connectivity index (χ3v) is 11.2. The first kappa shape index (κ1) is 34.5. The minimum atomic E-state index is 0.536. The number of aromatic nitrogens is 7. The molecule has 12 aromatic rings. The largest absolute Gasteiger partial charge is 0.456 e. The minimum absolute atomic E-state index is 0.536. The summed E-state index contributed by atoms with van der Waals surface area (Å²) in [6, 6.07) is 63.8. The fourth-order valence-corrected chi connectivity index (χ4v) is 8.38. The fourth-order valence-electron chi connectivity index (χ4n) is 8.38. The summed E-state index contributed by atoms with van der Waals surface area (Å²) in [5, 5.41) is 2.11. The molecule has 0 saturated carbocycles. The zero-order valence-corrected chi connectivity index (χ0v) is 32.6. The fraction of sp³-hybridized carbons (Fsp3) is 0. The lowest BCUT2D eigenvalue weighted by Gasteiger charge is -2.11. The summed E-state index contributed by atoms with van der Waals surface area (Å²) in [7, 11) is 0. The number of hydrogen-bond donors (Lipinski definition) is 0. The summed E-state index contributed by atoms with van der Waals surface area (Å²) >= 11 is 0. The van der Waals surface area contributed by atoms with Gasteiger partial charge in [0.2, 0.25) is 0 Å². The highest BCUT2D eigenvalue weighted by molar-refractivity contribution is 6.05. The van der Waals surface area contributed by atoms with E-state index in [4.69, 9.17) is 29.3 Å². The van der Waals surface area contributed by atoms with Gasteiger partial charge in [-0.2, -0.15) is 0 Å². The lowest BCUT2D eigenvalue weighted by molar-refractivity contribution is 0.669. The van der Waals surface area contributed by atoms with Gasteiger partial charge < -0.3 is 4.42 Å². The van der Waals surface area contributed by atoms with Gasteiger partial charge in [-0.1, -0.05) is 133 Å². The Morgan fingerprint density at radius 3 is 1.31 bits per heavy atom. The maximum absolute atomic E-state index is 6.33. The number of furan rings is 1. The van der Waals surface area contributed by atoms with Crippen LogP contribution < -0.4 is 0 Å². The average molecular weight is 784 g/mol. The van der Waals surface area contributed by atoms with Crippen molar-refractivity contribution in [3.8, 4) is 79.2 Å². The van der Waals surface area contributed by atoms with Gasteiger partial charge in [0.25, 0.3) is 0 Å². The van der Waals surface area contributed by atoms with Crippen molar-refractivity contribution in [2.75, 3.05) is 0 Å². The normalized spacial score (nSPS) is 11.6. The van der Waals surface area contributed by atoms with Crippen LogP contribution >= 0.6 is 0 Å². The van der Waals surface area contributed by atoms with Crippen LogP contribution in [0.4, 0.5) is 0 Å². The van der Waals surface area contributed by atoms with E-state index in [2.05, 4.69) is 112 Å². The molecule has 0 aliphatic carbocycles. The van der Waals surface area contributed by atoms with Gasteiger partial charge in [-0.15, -0.1) is 0 Å². The molecule has 61 heavy (non-hydrogen) atoms. The molecule has 0 saturated heterocycles. The van der Waals surface area contributed by atoms with E-state index in [1.54, 1.807) is 0 Å². The smallest absolute Gasteiger partial charge is 0.164 e. The molecule has 286 valence electrons. The monoisotopic (exact) mass is 783 g/mol. The number of benzene rings is 6. The van der Waals surface area contributed by atoms with E-state index in [9.17, 15) is 0 Å². The molecule has 8 nitrogen and oxygen atoms in total. The van der Waals surface area contributed by atoms with Gasteiger partial charge in [0, 0.05) is 62.1 Å². The summed E-state index contributed by atoms with van der Waals surface area (Å²) in [6.45, 7) is 0. The summed E-state index contributed by atoms with van der Waals surface area (Å²) in [6.07, 6.45) is 4.12. The van der Waals surface area contributed by atoms with Crippen LogP contribution in [0.2, 0.25) is 0 Å². The first-order chi connectivity index (χ1) is 30.2. The Morgan fingerprint density at radius 1 is 0.311 bits per heavy atom. The molecule has 0 aliphatic heterocycles. The van der Waals surface area contributed by atoms with Crippen molar-refractivity contribution >= 4 is 33.2 Å². The van der Waals surface area contributed by atoms with Crippen LogP contribution in [0.5, 0.6) is 0 Å². The van der Waals surface area contributed by atoms with Gasteiger partial charge >= 0.3 is 0 Å². The van der Waals surface area contributed by atoms with E-state index in [1.165, 1.54) is 0 Å². The van der Waals surface area contributed by atoms with Crippen LogP contribution in [0.1, 0.15) is 0 Å². The lowest BCUT2D eigenvalue weighted by Crippen LogP contribution is -2.00. The highest BCUT2D eigenvalue weighted by Gasteiger charge is 2.21. The topological polar surface area (TPSA) is 86.4 Å². The van der Waals surface area contributed by atoms with Crippen LogP contribution in [0.15, 0.2) is 205 Å². The van der Waals surface area contributed by atoms with Crippen LogP contribution in [0.25, 0.3) is 112 Å². The Kier molecular flexibility index (Phi) is 7.99. The highest BCUT2D eigenvalue weighted by atomic mass is 16.3. The minimum Gasteiger partial charge on any atom is -0.456 e. The predicted octanol–water partition coefficient (Wildman–Crippen LogP) is 12.7. The van der Waals surface area contributed by atoms with Gasteiger partial charge in [0.15, 0.2) is 17.5 Å². The number of hydrogen-bond acceptors (Lipinski definition) is 6. The summed E-state index contributed by atoms with van der Waals surface area (Å²) < 4.78 is 10.6. The van der Waals surface area contributed by atoms with Crippen LogP contribution in [-0.2, 0) is 0 Å². The highest BCUT2D eigenvalue weighted by Crippen LogP contribution is 2.38. The standard InChI is InChI=1S/C53H33N7O/c1-3-15-34(16-4-1)49-47(54-45-25-9-11-29-59(45)49)36-19-13-21-38(31-36)51-56-52(58-53(57-51)40-27-28-42-41-23-7-8-24-43(41)61-44(42)33-40)39-22-14-20-37(32-39)48-50(35-17-5-2-6-18-35)60-30-12-10-26-46(60)55-48/h1-33H. The molecular formula is C53H33N7O. The summed E-state index contributed by atoms with van der Waals surface area (Å²) in [4.78, 5) is 25.9. The van der Waals surface area contributed by atoms with Gasteiger partial charge in [-0.3, -0.25) is 8.80 Å². The van der Waals surface area contributed by atoms with E-state index in [0.717, 1.165) is 95.0 Å². The summed E-state index contributed by atoms with van der Waals surface area (Å²) in [5.41, 5.74) is 13.7. The molecule has 0 atom stereocenters. The number of nitrogens with zero attached hydrogens (tertiary/aromatic N) is 7. The van der Waals surface area contributed by atoms with Crippen molar-refractivity contribution in [3.63, 3.8) is 0 Å². The first-order valence-electron chi connectivity index (χ1n) is 20.2. The zero-order chi connectivity index (χ0) is 40.3. The second-order valence-corrected chi connectivity index (χ2v) is 15.0. The molecule has 0 fully saturated rings. The molecule has 0 aliphatic rings. The van der Waals surface area contributed by atoms with E-state index >= 15 is 0 Å². The third-order valence-electron chi connectivity index (χ3n) is 11.2. The van der Waals surface area contributed by atoms with Crippen molar-refractivity contribution in [2.24, 2.45) is 0 Å². The van der Waals surface area contributed by atoms with Crippen LogP contribution in [0.3, 0.4) is 0 Å². The van der Waals surface area contributed by atoms with E-state index in [-0.39, 0.29) is 0 Å². The molecule has 6 aromatic carbocycles. The zero-order valence-electron chi connectivity index (χ0n) is 32.6. The van der Waals surface area contributed by atoms with Crippen molar-refractivity contribution in [1.82, 2.24) is 33.7 Å². The Hall–Kier alpha value is -8.49. The first-order valence-corrected chi connectivity index (χ1v) is 20.2. The maximum Gasteiger partial charge on any atom is 0.164 e. The van der Waals surface area contributed by atoms with Crippen molar-refractivity contribution in [1.29, 1.82) is 0 Å². The molecule has 8 heteroatoms. The molecule has 6 aromatic heterocycles. The lowest BCUT2D eigenvalue weighted by atomic mass is 10.0. The SMILES string of the molecule is c1ccc(-c2c(-c3cccc(-c4nc(-c5cccc(-c6nc7ccccn7c6-c6ccccc6)c5)nc(-c5ccc6c(c5)oc5ccccc56)n4)c3)nc3ccccn23)cc1. The van der Waals surface area contributed by atoms with Gasteiger partial charge in [-0.25, -0.2) is 24.9 Å². The van der Waals surface area contributed by atoms with Gasteiger partial charge in [0.1, 0.15) is 22.5 Å². The molecule has 6 heterocycles. The van der Waals surface area contributed by atoms with Crippen molar-refractivity contribution in [3.05, 3.63) is 200 Å². The Labute approximate surface area is 349 Å². The Balaban J connectivity index is 1.04. The quantitative estimate of drug-likeness (QED) is 0.160. The predicted molar refractivity (Wildman–Crippen MR) is 243 cm³/mol. The Morgan fingerprint density at radius 2 is 0.754 bits per heavy atom. The maximum atomic E-state index is 6.33. The van der Waals surface area contributed by atoms with Gasteiger partial charge in [-0.05, 0) is 54.6 Å². The van der Waals surface area contributed by atoms with Crippen molar-refractivity contribution in [2.45, 2.75) is 0 Å². The third kappa shape index (κ3) is 5.96. The molecule has 0 radical (unpaired) electrons. The van der Waals surface area contributed by atoms with E-state index in [1.807, 2.05) is 97.1 Å². The summed E-state index contributed by atoms with van der Waals surface area (Å²) in [5.74, 6) is 1.62. The van der Waals surface area contributed by atoms with E-state index in [0.29, 0.717) is 17.5 Å². The van der Waals surface area contributed by atoms with Gasteiger partial charge in [0.05, 0.1) is 22.8 Å². The number of imidazole rings is 2. The second-order valence-electron chi connectivity index (χ2n) is 15.0. The average Bonchev–Trinajstić information content (AvgIpc) is 4.04. The molecule has 0 amide bonds. The second kappa shape index (κ2) is 14.1. The number of pyridine rings is 2. The van der Waals surface area contributed by atoms with Crippen LogP contribution in [0, 0.1) is 0 Å². The molecule has 12 rings (SSSR count). The molecule has 0 unspecified atom stereocenters. The molecule has 0 N–H and O–H groups in total. The van der Waals surface area contributed by atoms with E-state index < -0.39 is 0 Å². The molecule has 0 bridgehead atoms. The number of para-hydroxylation sites is 1. The molecular weight excluding hydrogens is 751 g/mol. The number of fused-ring (bicyclic) bond motifs is 5. The van der Waals surface area contributed by atoms with Crippen molar-refractivity contribution < 1.29 is 4.42 Å². The number of rotatable bonds is 7. The molecule has 0 spiro atoms. The van der Waals surface area contributed by atoms with Crippen LogP contribution in [-0.4, -0.2) is 33.7 Å².